The minimum Gasteiger partial charge on any atom is -0.461 e. The molecule has 0 radical (unpaired) electrons. The number of fused-ring (bicyclic) bond motifs is 1. The molecule has 0 saturated heterocycles. The molecule has 2 aromatic carbocycles. The van der Waals surface area contributed by atoms with Crippen LogP contribution < -0.4 is 4.90 Å². The summed E-state index contributed by atoms with van der Waals surface area (Å²) >= 11 is 0. The van der Waals surface area contributed by atoms with Crippen molar-refractivity contribution in [2.45, 2.75) is 38.7 Å². The van der Waals surface area contributed by atoms with Gasteiger partial charge in [0.1, 0.15) is 6.61 Å². The normalized spacial score (nSPS) is 21.6. The predicted octanol–water partition coefficient (Wildman–Crippen LogP) is 4.13. The molecule has 1 aliphatic carbocycles. The van der Waals surface area contributed by atoms with E-state index in [9.17, 15) is 9.59 Å². The lowest BCUT2D eigenvalue weighted by Gasteiger charge is -2.32. The van der Waals surface area contributed by atoms with Crippen molar-refractivity contribution in [3.63, 3.8) is 0 Å². The van der Waals surface area contributed by atoms with Gasteiger partial charge in [-0.15, -0.1) is 0 Å². The Morgan fingerprint density at radius 1 is 0.926 bits per heavy atom. The molecule has 1 heterocycles. The third-order valence-electron chi connectivity index (χ3n) is 5.76. The zero-order valence-corrected chi connectivity index (χ0v) is 15.5. The second-order valence-corrected chi connectivity index (χ2v) is 7.46. The van der Waals surface area contributed by atoms with Crippen LogP contribution in [0.1, 0.15) is 36.8 Å². The molecule has 4 rings (SSSR count). The molecule has 0 spiro atoms. The minimum absolute atomic E-state index is 0.0845. The number of nitrogens with zero attached hydrogens (tertiary/aromatic N) is 1. The van der Waals surface area contributed by atoms with Crippen molar-refractivity contribution in [1.29, 1.82) is 0 Å². The van der Waals surface area contributed by atoms with E-state index in [1.807, 2.05) is 53.4 Å². The monoisotopic (exact) mass is 363 g/mol. The summed E-state index contributed by atoms with van der Waals surface area (Å²) in [5, 5.41) is 0. The summed E-state index contributed by atoms with van der Waals surface area (Å²) in [6.45, 7) is 0.976. The summed E-state index contributed by atoms with van der Waals surface area (Å²) < 4.78 is 5.57. The summed E-state index contributed by atoms with van der Waals surface area (Å²) in [6.07, 6.45) is 4.36. The first-order valence-corrected chi connectivity index (χ1v) is 9.84. The summed E-state index contributed by atoms with van der Waals surface area (Å²) in [5.74, 6) is -0.749. The highest BCUT2D eigenvalue weighted by molar-refractivity contribution is 5.99. The van der Waals surface area contributed by atoms with Crippen molar-refractivity contribution in [3.05, 3.63) is 65.7 Å². The van der Waals surface area contributed by atoms with Gasteiger partial charge < -0.3 is 9.64 Å². The van der Waals surface area contributed by atoms with Crippen LogP contribution in [0.15, 0.2) is 54.6 Å². The maximum Gasteiger partial charge on any atom is 0.310 e. The van der Waals surface area contributed by atoms with Gasteiger partial charge in [-0.3, -0.25) is 9.59 Å². The van der Waals surface area contributed by atoms with Crippen LogP contribution in [-0.2, 0) is 27.4 Å². The summed E-state index contributed by atoms with van der Waals surface area (Å²) in [4.78, 5) is 27.9. The van der Waals surface area contributed by atoms with Crippen LogP contribution in [-0.4, -0.2) is 18.4 Å². The lowest BCUT2D eigenvalue weighted by Crippen LogP contribution is -2.42. The fourth-order valence-corrected chi connectivity index (χ4v) is 4.31. The highest BCUT2D eigenvalue weighted by Crippen LogP contribution is 2.36. The Morgan fingerprint density at radius 2 is 1.63 bits per heavy atom. The van der Waals surface area contributed by atoms with Gasteiger partial charge in [0.25, 0.3) is 0 Å². The summed E-state index contributed by atoms with van der Waals surface area (Å²) in [6, 6.07) is 17.8. The number of esters is 1. The van der Waals surface area contributed by atoms with E-state index >= 15 is 0 Å². The molecule has 4 heteroatoms. The van der Waals surface area contributed by atoms with Crippen molar-refractivity contribution >= 4 is 17.6 Å². The molecule has 2 atom stereocenters. The van der Waals surface area contributed by atoms with E-state index in [1.54, 1.807) is 0 Å². The van der Waals surface area contributed by atoms with Crippen LogP contribution in [0.2, 0.25) is 0 Å². The number of hydrogen-bond acceptors (Lipinski definition) is 3. The fourth-order valence-electron chi connectivity index (χ4n) is 4.31. The lowest BCUT2D eigenvalue weighted by atomic mass is 9.78. The minimum atomic E-state index is -0.331. The van der Waals surface area contributed by atoms with Crippen LogP contribution in [0.5, 0.6) is 0 Å². The average Bonchev–Trinajstić information content (AvgIpc) is 3.16. The first-order chi connectivity index (χ1) is 13.2. The number of carbonyl (C=O) groups excluding carboxylic acids is 2. The Kier molecular flexibility index (Phi) is 5.23. The van der Waals surface area contributed by atoms with Gasteiger partial charge >= 0.3 is 5.97 Å². The molecule has 1 aliphatic heterocycles. The zero-order chi connectivity index (χ0) is 18.6. The van der Waals surface area contributed by atoms with Crippen molar-refractivity contribution in [2.75, 3.05) is 11.4 Å². The van der Waals surface area contributed by atoms with Crippen molar-refractivity contribution in [3.8, 4) is 0 Å². The number of benzene rings is 2. The van der Waals surface area contributed by atoms with E-state index < -0.39 is 0 Å². The van der Waals surface area contributed by atoms with E-state index in [0.29, 0.717) is 6.54 Å². The zero-order valence-electron chi connectivity index (χ0n) is 15.5. The number of para-hydroxylation sites is 1. The van der Waals surface area contributed by atoms with Gasteiger partial charge in [-0.2, -0.15) is 0 Å². The van der Waals surface area contributed by atoms with E-state index in [4.69, 9.17) is 4.74 Å². The average molecular weight is 363 g/mol. The van der Waals surface area contributed by atoms with Crippen molar-refractivity contribution in [2.24, 2.45) is 11.8 Å². The molecule has 2 aromatic rings. The maximum absolute atomic E-state index is 13.3. The molecule has 2 aliphatic rings. The number of carbonyl (C=O) groups is 2. The van der Waals surface area contributed by atoms with Gasteiger partial charge in [-0.25, -0.2) is 0 Å². The van der Waals surface area contributed by atoms with E-state index in [1.165, 1.54) is 5.56 Å². The number of amides is 1. The molecule has 1 fully saturated rings. The van der Waals surface area contributed by atoms with Gasteiger partial charge in [0, 0.05) is 12.2 Å². The lowest BCUT2D eigenvalue weighted by molar-refractivity contribution is -0.155. The van der Waals surface area contributed by atoms with Gasteiger partial charge in [-0.1, -0.05) is 61.4 Å². The second kappa shape index (κ2) is 7.95. The number of hydrogen-bond donors (Lipinski definition) is 0. The van der Waals surface area contributed by atoms with Crippen LogP contribution in [0.3, 0.4) is 0 Å². The number of anilines is 1. The molecule has 1 amide bonds. The van der Waals surface area contributed by atoms with E-state index in [-0.39, 0.29) is 30.3 Å². The Bertz CT molecular complexity index is 817. The fraction of sp³-hybridized carbons (Fsp3) is 0.391. The Labute approximate surface area is 160 Å². The van der Waals surface area contributed by atoms with Gasteiger partial charge in [0.15, 0.2) is 0 Å². The molecular weight excluding hydrogens is 338 g/mol. The topological polar surface area (TPSA) is 46.6 Å². The van der Waals surface area contributed by atoms with Gasteiger partial charge in [0.2, 0.25) is 5.91 Å². The number of rotatable bonds is 4. The second-order valence-electron chi connectivity index (χ2n) is 7.46. The highest BCUT2D eigenvalue weighted by atomic mass is 16.5. The molecule has 0 bridgehead atoms. The SMILES string of the molecule is O=C(OCc1ccccc1)C1CCCCC1C(=O)N1CCc2ccccc21. The van der Waals surface area contributed by atoms with Crippen LogP contribution >= 0.6 is 0 Å². The van der Waals surface area contributed by atoms with E-state index in [0.717, 1.165) is 43.4 Å². The third-order valence-corrected chi connectivity index (χ3v) is 5.76. The highest BCUT2D eigenvalue weighted by Gasteiger charge is 2.40. The van der Waals surface area contributed by atoms with Crippen LogP contribution in [0, 0.1) is 11.8 Å². The standard InChI is InChI=1S/C23H25NO3/c25-22(24-15-14-18-10-4-7-13-21(18)24)19-11-5-6-12-20(19)23(26)27-16-17-8-2-1-3-9-17/h1-4,7-10,13,19-20H,5-6,11-12,14-16H2. The van der Waals surface area contributed by atoms with Crippen LogP contribution in [0.4, 0.5) is 5.69 Å². The third kappa shape index (κ3) is 3.75. The Balaban J connectivity index is 1.46. The predicted molar refractivity (Wildman–Crippen MR) is 104 cm³/mol. The van der Waals surface area contributed by atoms with Crippen LogP contribution in [0.25, 0.3) is 0 Å². The van der Waals surface area contributed by atoms with E-state index in [2.05, 4.69) is 6.07 Å². The quantitative estimate of drug-likeness (QED) is 0.768. The Hall–Kier alpha value is -2.62. The molecule has 2 unspecified atom stereocenters. The molecule has 0 aromatic heterocycles. The van der Waals surface area contributed by atoms with Crippen molar-refractivity contribution in [1.82, 2.24) is 0 Å². The smallest absolute Gasteiger partial charge is 0.310 e. The maximum atomic E-state index is 13.3. The molecule has 4 nitrogen and oxygen atoms in total. The van der Waals surface area contributed by atoms with Gasteiger partial charge in [-0.05, 0) is 36.5 Å². The molecular formula is C23H25NO3. The molecule has 0 N–H and O–H groups in total. The molecule has 1 saturated carbocycles. The number of ether oxygens (including phenoxy) is 1. The molecule has 140 valence electrons. The first-order valence-electron chi connectivity index (χ1n) is 9.84. The summed E-state index contributed by atoms with van der Waals surface area (Å²) in [7, 11) is 0. The van der Waals surface area contributed by atoms with Crippen molar-refractivity contribution < 1.29 is 14.3 Å². The molecule has 27 heavy (non-hydrogen) atoms. The van der Waals surface area contributed by atoms with Gasteiger partial charge in [0.05, 0.1) is 11.8 Å². The summed E-state index contributed by atoms with van der Waals surface area (Å²) in [5.41, 5.74) is 3.19. The Morgan fingerprint density at radius 3 is 2.44 bits per heavy atom. The first kappa shape index (κ1) is 17.8. The largest absolute Gasteiger partial charge is 0.461 e.